The highest BCUT2D eigenvalue weighted by Gasteiger charge is 2.30. The van der Waals surface area contributed by atoms with Gasteiger partial charge in [0.2, 0.25) is 5.91 Å². The summed E-state index contributed by atoms with van der Waals surface area (Å²) in [7, 11) is -3.50. The summed E-state index contributed by atoms with van der Waals surface area (Å²) in [5, 5.41) is 7.41. The van der Waals surface area contributed by atoms with Crippen LogP contribution in [0.1, 0.15) is 20.8 Å². The van der Waals surface area contributed by atoms with Crippen molar-refractivity contribution in [3.8, 4) is 0 Å². The largest absolute Gasteiger partial charge is 0.480 e. The summed E-state index contributed by atoms with van der Waals surface area (Å²) in [5.41, 5.74) is 0. The first-order chi connectivity index (χ1) is 7.07. The molecule has 0 aromatic carbocycles. The Bertz CT molecular complexity index is 373. The number of aliphatic carboxylic acids is 1. The van der Waals surface area contributed by atoms with E-state index in [1.54, 1.807) is 13.8 Å². The lowest BCUT2D eigenvalue weighted by atomic mass is 10.3. The smallest absolute Gasteiger partial charge is 0.323 e. The fraction of sp³-hybridized carbons (Fsp3) is 0.778. The maximum Gasteiger partial charge on any atom is 0.323 e. The van der Waals surface area contributed by atoms with Crippen LogP contribution in [0.4, 0.5) is 0 Å². The van der Waals surface area contributed by atoms with Gasteiger partial charge >= 0.3 is 5.97 Å². The van der Waals surface area contributed by atoms with Crippen LogP contribution in [0, 0.1) is 0 Å². The molecule has 0 radical (unpaired) electrons. The molecule has 0 heterocycles. The molecule has 6 nitrogen and oxygen atoms in total. The monoisotopic (exact) mass is 251 g/mol. The van der Waals surface area contributed by atoms with Gasteiger partial charge in [-0.1, -0.05) is 0 Å². The topological polar surface area (TPSA) is 91.8 Å². The number of carbonyl (C=O) groups is 2. The highest BCUT2D eigenvalue weighted by Crippen LogP contribution is 2.07. The van der Waals surface area contributed by atoms with Crippen molar-refractivity contribution < 1.29 is 23.1 Å². The Morgan fingerprint density at radius 3 is 1.94 bits per heavy atom. The summed E-state index contributed by atoms with van der Waals surface area (Å²) >= 11 is 0. The molecule has 0 saturated carbocycles. The molecule has 1 unspecified atom stereocenters. The number of amides is 1. The second kappa shape index (κ2) is 5.29. The average Bonchev–Trinajstić information content (AvgIpc) is 2.09. The third-order valence-corrected chi connectivity index (χ3v) is 3.69. The summed E-state index contributed by atoms with van der Waals surface area (Å²) in [5.74, 6) is -1.84. The third kappa shape index (κ3) is 4.18. The molecule has 0 aromatic rings. The Labute approximate surface area is 95.2 Å². The van der Waals surface area contributed by atoms with E-state index in [1.807, 2.05) is 0 Å². The number of hydrogen-bond donors (Lipinski definition) is 1. The summed E-state index contributed by atoms with van der Waals surface area (Å²) in [6.45, 7) is 4.04. The summed E-state index contributed by atoms with van der Waals surface area (Å²) < 4.78 is 22.4. The van der Waals surface area contributed by atoms with E-state index < -0.39 is 33.5 Å². The lowest BCUT2D eigenvalue weighted by Gasteiger charge is -2.27. The zero-order chi connectivity index (χ0) is 13.1. The van der Waals surface area contributed by atoms with E-state index in [-0.39, 0.29) is 6.04 Å². The summed E-state index contributed by atoms with van der Waals surface area (Å²) in [4.78, 5) is 23.3. The van der Waals surface area contributed by atoms with Crippen molar-refractivity contribution in [3.05, 3.63) is 0 Å². The molecule has 0 aliphatic carbocycles. The standard InChI is InChI=1S/C9H17NO5S/c1-6(2)10(5-8(11)12)9(13)7(3)16(4,14)15/h6-7H,5H2,1-4H3,(H,11,12). The normalized spacial score (nSPS) is 13.6. The van der Waals surface area contributed by atoms with Gasteiger partial charge < -0.3 is 10.0 Å². The average molecular weight is 251 g/mol. The predicted octanol–water partition coefficient (Wildman–Crippen LogP) is -0.259. The zero-order valence-electron chi connectivity index (χ0n) is 9.80. The van der Waals surface area contributed by atoms with Crippen LogP contribution in [0.2, 0.25) is 0 Å². The number of rotatable bonds is 5. The van der Waals surface area contributed by atoms with Crippen molar-refractivity contribution in [1.29, 1.82) is 0 Å². The molecule has 0 aromatic heterocycles. The van der Waals surface area contributed by atoms with Crippen molar-refractivity contribution in [2.45, 2.75) is 32.1 Å². The Morgan fingerprint density at radius 2 is 1.69 bits per heavy atom. The molecule has 0 spiro atoms. The fourth-order valence-corrected chi connectivity index (χ4v) is 1.58. The lowest BCUT2D eigenvalue weighted by Crippen LogP contribution is -2.47. The van der Waals surface area contributed by atoms with E-state index in [0.717, 1.165) is 11.2 Å². The first kappa shape index (κ1) is 14.9. The van der Waals surface area contributed by atoms with Gasteiger partial charge in [0.25, 0.3) is 0 Å². The van der Waals surface area contributed by atoms with Gasteiger partial charge in [-0.25, -0.2) is 8.42 Å². The highest BCUT2D eigenvalue weighted by molar-refractivity contribution is 7.92. The molecule has 1 N–H and O–H groups in total. The van der Waals surface area contributed by atoms with Crippen molar-refractivity contribution in [2.24, 2.45) is 0 Å². The van der Waals surface area contributed by atoms with Crippen LogP contribution in [-0.4, -0.2) is 54.4 Å². The molecule has 1 atom stereocenters. The molecule has 0 aliphatic heterocycles. The van der Waals surface area contributed by atoms with Gasteiger partial charge in [0.05, 0.1) is 0 Å². The Kier molecular flexibility index (Phi) is 4.92. The number of nitrogens with zero attached hydrogens (tertiary/aromatic N) is 1. The molecule has 16 heavy (non-hydrogen) atoms. The maximum atomic E-state index is 11.8. The fourth-order valence-electron chi connectivity index (χ4n) is 1.08. The van der Waals surface area contributed by atoms with Crippen molar-refractivity contribution in [2.75, 3.05) is 12.8 Å². The van der Waals surface area contributed by atoms with Crippen LogP contribution in [-0.2, 0) is 19.4 Å². The maximum absolute atomic E-state index is 11.8. The zero-order valence-corrected chi connectivity index (χ0v) is 10.6. The number of sulfone groups is 1. The minimum atomic E-state index is -3.50. The van der Waals surface area contributed by atoms with Gasteiger partial charge in [0.1, 0.15) is 11.8 Å². The van der Waals surface area contributed by atoms with E-state index in [4.69, 9.17) is 5.11 Å². The second-order valence-electron chi connectivity index (χ2n) is 3.93. The van der Waals surface area contributed by atoms with Gasteiger partial charge in [0, 0.05) is 12.3 Å². The molecule has 0 fully saturated rings. The molecule has 0 aliphatic rings. The third-order valence-electron chi connectivity index (χ3n) is 2.20. The van der Waals surface area contributed by atoms with E-state index in [0.29, 0.717) is 0 Å². The molecule has 94 valence electrons. The van der Waals surface area contributed by atoms with Crippen LogP contribution >= 0.6 is 0 Å². The number of hydrogen-bond acceptors (Lipinski definition) is 4. The summed E-state index contributed by atoms with van der Waals surface area (Å²) in [6, 6.07) is -0.354. The van der Waals surface area contributed by atoms with Crippen LogP contribution in [0.25, 0.3) is 0 Å². The first-order valence-corrected chi connectivity index (χ1v) is 6.74. The van der Waals surface area contributed by atoms with Gasteiger partial charge in [-0.05, 0) is 20.8 Å². The second-order valence-corrected chi connectivity index (χ2v) is 6.29. The van der Waals surface area contributed by atoms with Crippen LogP contribution in [0.3, 0.4) is 0 Å². The Hall–Kier alpha value is -1.11. The van der Waals surface area contributed by atoms with E-state index in [1.165, 1.54) is 6.92 Å². The number of carboxylic acid groups (broad SMARTS) is 1. The van der Waals surface area contributed by atoms with Gasteiger partial charge in [-0.15, -0.1) is 0 Å². The minimum Gasteiger partial charge on any atom is -0.480 e. The molecule has 0 bridgehead atoms. The Morgan fingerprint density at radius 1 is 1.25 bits per heavy atom. The van der Waals surface area contributed by atoms with E-state index in [9.17, 15) is 18.0 Å². The molecular formula is C9H17NO5S. The van der Waals surface area contributed by atoms with Crippen LogP contribution < -0.4 is 0 Å². The molecule has 1 amide bonds. The van der Waals surface area contributed by atoms with Gasteiger partial charge in [-0.3, -0.25) is 9.59 Å². The van der Waals surface area contributed by atoms with E-state index in [2.05, 4.69) is 0 Å². The van der Waals surface area contributed by atoms with Crippen molar-refractivity contribution >= 4 is 21.7 Å². The summed E-state index contributed by atoms with van der Waals surface area (Å²) in [6.07, 6.45) is 0.953. The molecular weight excluding hydrogens is 234 g/mol. The quantitative estimate of drug-likeness (QED) is 0.727. The van der Waals surface area contributed by atoms with Crippen LogP contribution in [0.5, 0.6) is 0 Å². The molecule has 7 heteroatoms. The minimum absolute atomic E-state index is 0.354. The molecule has 0 saturated heterocycles. The lowest BCUT2D eigenvalue weighted by molar-refractivity contribution is -0.145. The van der Waals surface area contributed by atoms with Crippen LogP contribution in [0.15, 0.2) is 0 Å². The SMILES string of the molecule is CC(C)N(CC(=O)O)C(=O)C(C)S(C)(=O)=O. The highest BCUT2D eigenvalue weighted by atomic mass is 32.2. The molecule has 0 rings (SSSR count). The van der Waals surface area contributed by atoms with Crippen molar-refractivity contribution in [1.82, 2.24) is 4.90 Å². The Balaban J connectivity index is 4.96. The van der Waals surface area contributed by atoms with Gasteiger partial charge in [-0.2, -0.15) is 0 Å². The van der Waals surface area contributed by atoms with E-state index >= 15 is 0 Å². The number of carbonyl (C=O) groups excluding carboxylic acids is 1. The van der Waals surface area contributed by atoms with Crippen molar-refractivity contribution in [3.63, 3.8) is 0 Å². The predicted molar refractivity (Wildman–Crippen MR) is 58.8 cm³/mol. The first-order valence-electron chi connectivity index (χ1n) is 4.78. The van der Waals surface area contributed by atoms with Gasteiger partial charge in [0.15, 0.2) is 9.84 Å². The number of carboxylic acids is 1.